The zero-order valence-corrected chi connectivity index (χ0v) is 24.1. The van der Waals surface area contributed by atoms with E-state index in [0.717, 1.165) is 48.6 Å². The van der Waals surface area contributed by atoms with Crippen molar-refractivity contribution in [1.29, 1.82) is 5.26 Å². The molecule has 39 heavy (non-hydrogen) atoms. The van der Waals surface area contributed by atoms with Gasteiger partial charge in [0.25, 0.3) is 0 Å². The molecule has 0 spiro atoms. The Morgan fingerprint density at radius 1 is 1.21 bits per heavy atom. The Hall–Kier alpha value is -3.06. The summed E-state index contributed by atoms with van der Waals surface area (Å²) in [7, 11) is 0. The number of aromatic nitrogens is 3. The third-order valence-corrected chi connectivity index (χ3v) is 9.12. The average molecular weight is 550 g/mol. The second-order valence-corrected chi connectivity index (χ2v) is 13.6. The molecule has 4 saturated carbocycles. The molecule has 4 bridgehead atoms. The largest absolute Gasteiger partial charge is 0.444 e. The predicted octanol–water partition coefficient (Wildman–Crippen LogP) is 5.60. The minimum absolute atomic E-state index is 0.149. The number of alkyl carbamates (subject to hydrolysis) is 1. The lowest BCUT2D eigenvalue weighted by Crippen LogP contribution is -2.60. The Bertz CT molecular complexity index is 1220. The van der Waals surface area contributed by atoms with E-state index in [0.29, 0.717) is 41.6 Å². The lowest BCUT2D eigenvalue weighted by atomic mass is 9.48. The van der Waals surface area contributed by atoms with Crippen LogP contribution in [-0.4, -0.2) is 45.0 Å². The minimum atomic E-state index is -0.500. The maximum Gasteiger partial charge on any atom is 0.407 e. The van der Waals surface area contributed by atoms with Gasteiger partial charge in [-0.3, -0.25) is 0 Å². The van der Waals surface area contributed by atoms with Gasteiger partial charge in [0.05, 0.1) is 6.20 Å². The zero-order chi connectivity index (χ0) is 27.6. The molecule has 2 aromatic heterocycles. The van der Waals surface area contributed by atoms with Crippen LogP contribution in [-0.2, 0) is 11.3 Å². The first-order chi connectivity index (χ1) is 18.7. The Morgan fingerprint density at radius 3 is 2.67 bits per heavy atom. The van der Waals surface area contributed by atoms with Crippen LogP contribution in [0.5, 0.6) is 0 Å². The summed E-state index contributed by atoms with van der Waals surface area (Å²) in [4.78, 5) is 26.1. The maximum absolute atomic E-state index is 12.5. The number of nitriles is 1. The van der Waals surface area contributed by atoms with Gasteiger partial charge in [-0.15, -0.1) is 11.8 Å². The van der Waals surface area contributed by atoms with E-state index >= 15 is 0 Å². The van der Waals surface area contributed by atoms with Crippen molar-refractivity contribution in [3.63, 3.8) is 0 Å². The van der Waals surface area contributed by atoms with Gasteiger partial charge in [0.15, 0.2) is 0 Å². The highest BCUT2D eigenvalue weighted by atomic mass is 32.2. The van der Waals surface area contributed by atoms with E-state index in [1.807, 2.05) is 33.0 Å². The predicted molar refractivity (Wildman–Crippen MR) is 152 cm³/mol. The summed E-state index contributed by atoms with van der Waals surface area (Å²) in [5, 5.41) is 20.8. The Balaban J connectivity index is 1.24. The summed E-state index contributed by atoms with van der Waals surface area (Å²) >= 11 is 1.71. The number of hydrogen-bond acceptors (Lipinski definition) is 9. The van der Waals surface area contributed by atoms with Gasteiger partial charge in [-0.2, -0.15) is 10.2 Å². The van der Waals surface area contributed by atoms with Crippen LogP contribution in [0.3, 0.4) is 0 Å². The van der Waals surface area contributed by atoms with E-state index in [2.05, 4.69) is 50.0 Å². The Morgan fingerprint density at radius 2 is 1.97 bits per heavy atom. The van der Waals surface area contributed by atoms with E-state index in [9.17, 15) is 10.1 Å². The molecule has 3 N–H and O–H groups in total. The van der Waals surface area contributed by atoms with Gasteiger partial charge in [-0.05, 0) is 87.9 Å². The number of hydrogen-bond donors (Lipinski definition) is 3. The van der Waals surface area contributed by atoms with Gasteiger partial charge in [0.2, 0.25) is 5.95 Å². The second-order valence-electron chi connectivity index (χ2n) is 12.3. The molecule has 4 fully saturated rings. The van der Waals surface area contributed by atoms with Gasteiger partial charge in [0.1, 0.15) is 28.1 Å². The van der Waals surface area contributed by atoms with Crippen LogP contribution in [0.15, 0.2) is 29.6 Å². The highest BCUT2D eigenvalue weighted by molar-refractivity contribution is 7.99. The van der Waals surface area contributed by atoms with Crippen molar-refractivity contribution in [2.45, 2.75) is 83.0 Å². The van der Waals surface area contributed by atoms with Gasteiger partial charge in [-0.25, -0.2) is 14.8 Å². The summed E-state index contributed by atoms with van der Waals surface area (Å²) in [5.74, 6) is 3.61. The van der Waals surface area contributed by atoms with Crippen molar-refractivity contribution in [1.82, 2.24) is 20.3 Å². The van der Waals surface area contributed by atoms with E-state index < -0.39 is 5.60 Å². The normalized spacial score (nSPS) is 27.1. The number of nitrogens with zero attached hydrogens (tertiary/aromatic N) is 4. The number of rotatable bonds is 9. The number of amides is 1. The van der Waals surface area contributed by atoms with Crippen molar-refractivity contribution < 1.29 is 9.53 Å². The molecule has 208 valence electrons. The van der Waals surface area contributed by atoms with Crippen molar-refractivity contribution in [3.05, 3.63) is 35.7 Å². The molecule has 4 aliphatic rings. The number of carbonyl (C=O) groups excluding carboxylic acids is 1. The molecular weight excluding hydrogens is 510 g/mol. The first kappa shape index (κ1) is 27.5. The van der Waals surface area contributed by atoms with Crippen molar-refractivity contribution >= 4 is 29.6 Å². The fraction of sp³-hybridized carbons (Fsp3) is 0.621. The van der Waals surface area contributed by atoms with Crippen LogP contribution >= 0.6 is 11.8 Å². The fourth-order valence-corrected chi connectivity index (χ4v) is 7.78. The Labute approximate surface area is 235 Å². The first-order valence-electron chi connectivity index (χ1n) is 14.0. The van der Waals surface area contributed by atoms with E-state index in [-0.39, 0.29) is 17.6 Å². The van der Waals surface area contributed by atoms with Crippen LogP contribution in [0.4, 0.5) is 16.6 Å². The quantitative estimate of drug-likeness (QED) is 0.343. The molecular formula is C29H39N7O2S. The molecule has 6 rings (SSSR count). The minimum Gasteiger partial charge on any atom is -0.444 e. The number of anilines is 2. The smallest absolute Gasteiger partial charge is 0.407 e. The number of nitrogens with one attached hydrogen (secondary N) is 3. The lowest BCUT2D eigenvalue weighted by molar-refractivity contribution is -0.0703. The number of ether oxygens (including phenoxy) is 1. The number of thioether (sulfide) groups is 1. The molecule has 10 heteroatoms. The third-order valence-electron chi connectivity index (χ3n) is 8.19. The molecule has 4 aliphatic carbocycles. The summed E-state index contributed by atoms with van der Waals surface area (Å²) in [5.41, 5.74) is 1.18. The van der Waals surface area contributed by atoms with Gasteiger partial charge in [-0.1, -0.05) is 13.0 Å². The second kappa shape index (κ2) is 11.2. The third kappa shape index (κ3) is 6.40. The highest BCUT2D eigenvalue weighted by Gasteiger charge is 2.55. The van der Waals surface area contributed by atoms with Crippen LogP contribution in [0.1, 0.15) is 70.9 Å². The summed E-state index contributed by atoms with van der Waals surface area (Å²) < 4.78 is 5.56. The molecule has 3 unspecified atom stereocenters. The molecule has 2 aromatic rings. The SMILES string of the molecule is CCSc1ncccc1CNc1ncc(C#N)c(NCC23CC4C[C@H](C2)C(NC(=O)OC(C)(C)C)[C@@H](C4)C3)n1. The van der Waals surface area contributed by atoms with E-state index in [1.54, 1.807) is 18.0 Å². The van der Waals surface area contributed by atoms with Crippen molar-refractivity contribution in [3.8, 4) is 6.07 Å². The molecule has 0 radical (unpaired) electrons. The molecule has 0 aliphatic heterocycles. The average Bonchev–Trinajstić information content (AvgIpc) is 2.88. The number of pyridine rings is 1. The zero-order valence-electron chi connectivity index (χ0n) is 23.3. The van der Waals surface area contributed by atoms with Crippen LogP contribution < -0.4 is 16.0 Å². The van der Waals surface area contributed by atoms with Gasteiger partial charge < -0.3 is 20.7 Å². The topological polar surface area (TPSA) is 125 Å². The van der Waals surface area contributed by atoms with E-state index in [4.69, 9.17) is 4.74 Å². The number of carbonyl (C=O) groups is 1. The monoisotopic (exact) mass is 549 g/mol. The fourth-order valence-electron chi connectivity index (χ4n) is 7.04. The van der Waals surface area contributed by atoms with Crippen LogP contribution in [0.2, 0.25) is 0 Å². The van der Waals surface area contributed by atoms with Crippen molar-refractivity contribution in [2.24, 2.45) is 23.2 Å². The molecule has 0 saturated heterocycles. The molecule has 0 aromatic carbocycles. The van der Waals surface area contributed by atoms with Crippen LogP contribution in [0, 0.1) is 34.5 Å². The summed E-state index contributed by atoms with van der Waals surface area (Å²) in [6.07, 6.45) is 8.72. The molecule has 9 nitrogen and oxygen atoms in total. The van der Waals surface area contributed by atoms with Gasteiger partial charge in [0, 0.05) is 30.9 Å². The first-order valence-corrected chi connectivity index (χ1v) is 15.0. The summed E-state index contributed by atoms with van der Waals surface area (Å²) in [6.45, 7) is 9.13. The summed E-state index contributed by atoms with van der Waals surface area (Å²) in [6, 6.07) is 6.40. The van der Waals surface area contributed by atoms with Crippen LogP contribution in [0.25, 0.3) is 0 Å². The molecule has 1 amide bonds. The molecule has 2 heterocycles. The maximum atomic E-state index is 12.5. The van der Waals surface area contributed by atoms with E-state index in [1.165, 1.54) is 6.42 Å². The van der Waals surface area contributed by atoms with Crippen molar-refractivity contribution in [2.75, 3.05) is 22.9 Å². The lowest BCUT2D eigenvalue weighted by Gasteiger charge is -2.60. The van der Waals surface area contributed by atoms with Gasteiger partial charge >= 0.3 is 6.09 Å². The standard InChI is InChI=1S/C29H39N7O2S/c1-5-39-25-19(7-6-8-31-25)15-32-26-33-16-22(14-30)24(36-26)34-17-29-11-18-9-20(12-29)23(21(10-18)13-29)35-27(37)38-28(2,3)4/h6-8,16,18,20-21,23H,5,9-13,15,17H2,1-4H3,(H,35,37)(H2,32,33,34,36)/t18?,20-,21+,23?,29?. The Kier molecular flexibility index (Phi) is 7.90. The molecule has 5 atom stereocenters. The highest BCUT2D eigenvalue weighted by Crippen LogP contribution is 2.60.